The fourth-order valence-electron chi connectivity index (χ4n) is 1.17. The van der Waals surface area contributed by atoms with E-state index in [1.807, 2.05) is 6.07 Å². The molecule has 0 saturated heterocycles. The van der Waals surface area contributed by atoms with Gasteiger partial charge in [-0.3, -0.25) is 0 Å². The lowest BCUT2D eigenvalue weighted by Gasteiger charge is -1.97. The minimum Gasteiger partial charge on any atom is -0.0654 e. The van der Waals surface area contributed by atoms with Crippen LogP contribution in [0.1, 0.15) is 31.7 Å². The van der Waals surface area contributed by atoms with Gasteiger partial charge in [-0.2, -0.15) is 0 Å². The van der Waals surface area contributed by atoms with Crippen LogP contribution in [0.2, 0.25) is 0 Å². The van der Waals surface area contributed by atoms with Crippen LogP contribution in [0, 0.1) is 6.07 Å². The minimum absolute atomic E-state index is 1.21. The predicted molar refractivity (Wildman–Crippen MR) is 48.5 cm³/mol. The van der Waals surface area contributed by atoms with Crippen LogP contribution in [0.3, 0.4) is 0 Å². The van der Waals surface area contributed by atoms with Gasteiger partial charge in [0.05, 0.1) is 0 Å². The highest BCUT2D eigenvalue weighted by molar-refractivity contribution is 5.13. The second-order valence-electron chi connectivity index (χ2n) is 2.87. The first-order chi connectivity index (χ1) is 5.43. The Morgan fingerprint density at radius 3 is 2.91 bits per heavy atom. The number of hydrogen-bond donors (Lipinski definition) is 0. The SMILES string of the molecule is CCCCCc1c[c]ccc1. The van der Waals surface area contributed by atoms with E-state index in [-0.39, 0.29) is 0 Å². The van der Waals surface area contributed by atoms with Crippen LogP contribution in [-0.2, 0) is 6.42 Å². The summed E-state index contributed by atoms with van der Waals surface area (Å²) in [5.74, 6) is 0. The Morgan fingerprint density at radius 1 is 1.36 bits per heavy atom. The van der Waals surface area contributed by atoms with Crippen LogP contribution in [-0.4, -0.2) is 0 Å². The van der Waals surface area contributed by atoms with Crippen molar-refractivity contribution in [2.24, 2.45) is 0 Å². The van der Waals surface area contributed by atoms with Crippen molar-refractivity contribution >= 4 is 0 Å². The van der Waals surface area contributed by atoms with Gasteiger partial charge in [0.15, 0.2) is 0 Å². The third kappa shape index (κ3) is 3.22. The lowest BCUT2D eigenvalue weighted by Crippen LogP contribution is -1.83. The van der Waals surface area contributed by atoms with Crippen LogP contribution in [0.15, 0.2) is 24.3 Å². The first-order valence-corrected chi connectivity index (χ1v) is 4.38. The number of hydrogen-bond acceptors (Lipinski definition) is 0. The van der Waals surface area contributed by atoms with Crippen molar-refractivity contribution in [1.82, 2.24) is 0 Å². The lowest BCUT2D eigenvalue weighted by molar-refractivity contribution is 0.717. The van der Waals surface area contributed by atoms with Gasteiger partial charge in [-0.25, -0.2) is 0 Å². The second-order valence-corrected chi connectivity index (χ2v) is 2.87. The first kappa shape index (κ1) is 8.32. The fourth-order valence-corrected chi connectivity index (χ4v) is 1.17. The summed E-state index contributed by atoms with van der Waals surface area (Å²) in [5.41, 5.74) is 1.42. The molecule has 59 valence electrons. The maximum absolute atomic E-state index is 3.09. The van der Waals surface area contributed by atoms with Crippen LogP contribution in [0.5, 0.6) is 0 Å². The van der Waals surface area contributed by atoms with Crippen molar-refractivity contribution in [2.75, 3.05) is 0 Å². The third-order valence-electron chi connectivity index (χ3n) is 1.84. The molecule has 0 atom stereocenters. The second kappa shape index (κ2) is 4.95. The van der Waals surface area contributed by atoms with E-state index in [9.17, 15) is 0 Å². The smallest absolute Gasteiger partial charge is 0.0181 e. The standard InChI is InChI=1S/C11H15/c1-2-3-5-8-11-9-6-4-7-10-11/h4,6,9-10H,2-3,5,8H2,1H3. The van der Waals surface area contributed by atoms with Crippen molar-refractivity contribution in [2.45, 2.75) is 32.6 Å². The van der Waals surface area contributed by atoms with Crippen molar-refractivity contribution in [3.05, 3.63) is 35.9 Å². The molecule has 0 heterocycles. The third-order valence-corrected chi connectivity index (χ3v) is 1.84. The Hall–Kier alpha value is -0.780. The molecule has 0 nitrogen and oxygen atoms in total. The van der Waals surface area contributed by atoms with E-state index in [1.54, 1.807) is 0 Å². The minimum atomic E-state index is 1.21. The molecule has 0 N–H and O–H groups in total. The number of rotatable bonds is 4. The summed E-state index contributed by atoms with van der Waals surface area (Å²) in [6.07, 6.45) is 5.17. The largest absolute Gasteiger partial charge is 0.0654 e. The monoisotopic (exact) mass is 147 g/mol. The molecule has 1 rings (SSSR count). The molecular weight excluding hydrogens is 132 g/mol. The Morgan fingerprint density at radius 2 is 2.27 bits per heavy atom. The van der Waals surface area contributed by atoms with Crippen molar-refractivity contribution < 1.29 is 0 Å². The van der Waals surface area contributed by atoms with Crippen LogP contribution < -0.4 is 0 Å². The van der Waals surface area contributed by atoms with Crippen molar-refractivity contribution in [1.29, 1.82) is 0 Å². The maximum Gasteiger partial charge on any atom is -0.0181 e. The van der Waals surface area contributed by atoms with E-state index in [0.717, 1.165) is 0 Å². The normalized spacial score (nSPS) is 9.91. The molecule has 0 heteroatoms. The summed E-state index contributed by atoms with van der Waals surface area (Å²) >= 11 is 0. The van der Waals surface area contributed by atoms with E-state index in [4.69, 9.17) is 0 Å². The topological polar surface area (TPSA) is 0 Å². The van der Waals surface area contributed by atoms with E-state index in [2.05, 4.69) is 31.2 Å². The molecule has 1 aromatic rings. The molecule has 11 heavy (non-hydrogen) atoms. The van der Waals surface area contributed by atoms with E-state index in [1.165, 1.54) is 31.2 Å². The molecule has 0 spiro atoms. The van der Waals surface area contributed by atoms with Gasteiger partial charge in [0.2, 0.25) is 0 Å². The van der Waals surface area contributed by atoms with E-state index in [0.29, 0.717) is 0 Å². The van der Waals surface area contributed by atoms with Crippen molar-refractivity contribution in [3.8, 4) is 0 Å². The van der Waals surface area contributed by atoms with E-state index < -0.39 is 0 Å². The molecule has 0 bridgehead atoms. The van der Waals surface area contributed by atoms with E-state index >= 15 is 0 Å². The summed E-state index contributed by atoms with van der Waals surface area (Å²) in [5, 5.41) is 0. The molecule has 0 amide bonds. The van der Waals surface area contributed by atoms with Gasteiger partial charge in [-0.05, 0) is 24.5 Å². The van der Waals surface area contributed by atoms with Gasteiger partial charge < -0.3 is 0 Å². The number of benzene rings is 1. The molecule has 0 aliphatic rings. The van der Waals surface area contributed by atoms with Crippen LogP contribution in [0.25, 0.3) is 0 Å². The molecule has 0 saturated carbocycles. The zero-order valence-corrected chi connectivity index (χ0v) is 7.14. The molecule has 1 radical (unpaired) electrons. The van der Waals surface area contributed by atoms with Crippen molar-refractivity contribution in [3.63, 3.8) is 0 Å². The average Bonchev–Trinajstić information content (AvgIpc) is 2.07. The van der Waals surface area contributed by atoms with Gasteiger partial charge >= 0.3 is 0 Å². The first-order valence-electron chi connectivity index (χ1n) is 4.38. The van der Waals surface area contributed by atoms with Crippen LogP contribution >= 0.6 is 0 Å². The van der Waals surface area contributed by atoms with Crippen LogP contribution in [0.4, 0.5) is 0 Å². The highest BCUT2D eigenvalue weighted by Crippen LogP contribution is 2.04. The highest BCUT2D eigenvalue weighted by atomic mass is 13.9. The summed E-state index contributed by atoms with van der Waals surface area (Å²) in [6, 6.07) is 11.3. The molecular formula is C11H15. The van der Waals surface area contributed by atoms with Gasteiger partial charge in [0, 0.05) is 0 Å². The Balaban J connectivity index is 2.28. The summed E-state index contributed by atoms with van der Waals surface area (Å²) in [7, 11) is 0. The predicted octanol–water partition coefficient (Wildman–Crippen LogP) is 3.22. The van der Waals surface area contributed by atoms with Gasteiger partial charge in [0.25, 0.3) is 0 Å². The quantitative estimate of drug-likeness (QED) is 0.574. The molecule has 0 fully saturated rings. The Bertz CT molecular complexity index is 176. The zero-order chi connectivity index (χ0) is 7.94. The Labute approximate surface area is 69.3 Å². The number of unbranched alkanes of at least 4 members (excludes halogenated alkanes) is 2. The Kier molecular flexibility index (Phi) is 3.74. The number of aryl methyl sites for hydroxylation is 1. The summed E-state index contributed by atoms with van der Waals surface area (Å²) in [6.45, 7) is 2.23. The molecule has 0 unspecified atom stereocenters. The summed E-state index contributed by atoms with van der Waals surface area (Å²) in [4.78, 5) is 0. The van der Waals surface area contributed by atoms with Gasteiger partial charge in [0.1, 0.15) is 0 Å². The van der Waals surface area contributed by atoms with Gasteiger partial charge in [-0.1, -0.05) is 44.0 Å². The molecule has 1 aromatic carbocycles. The zero-order valence-electron chi connectivity index (χ0n) is 7.14. The molecule has 0 aliphatic carbocycles. The molecule has 0 aromatic heterocycles. The highest BCUT2D eigenvalue weighted by Gasteiger charge is 1.89. The average molecular weight is 147 g/mol. The molecule has 0 aliphatic heterocycles. The lowest BCUT2D eigenvalue weighted by atomic mass is 10.1. The van der Waals surface area contributed by atoms with Gasteiger partial charge in [-0.15, -0.1) is 0 Å². The maximum atomic E-state index is 3.09. The fraction of sp³-hybridized carbons (Fsp3) is 0.455. The summed E-state index contributed by atoms with van der Waals surface area (Å²) < 4.78 is 0.